The summed E-state index contributed by atoms with van der Waals surface area (Å²) >= 11 is 1.83. The van der Waals surface area contributed by atoms with Gasteiger partial charge in [0.05, 0.1) is 17.2 Å². The fraction of sp³-hybridized carbons (Fsp3) is 0.522. The highest BCUT2D eigenvalue weighted by Crippen LogP contribution is 2.27. The number of hydrogen-bond acceptors (Lipinski definition) is 4. The summed E-state index contributed by atoms with van der Waals surface area (Å²) in [6, 6.07) is 7.54. The van der Waals surface area contributed by atoms with Crippen LogP contribution in [-0.2, 0) is 29.5 Å². The Balaban J connectivity index is 1.35. The molecule has 0 unspecified atom stereocenters. The second-order valence-electron chi connectivity index (χ2n) is 8.65. The molecular formula is C23H31N3O2S. The number of nitrogens with zero attached hydrogens (tertiary/aromatic N) is 1. The molecule has 0 fully saturated rings. The van der Waals surface area contributed by atoms with Gasteiger partial charge < -0.3 is 10.6 Å². The van der Waals surface area contributed by atoms with Crippen molar-refractivity contribution in [1.82, 2.24) is 15.6 Å². The van der Waals surface area contributed by atoms with Crippen LogP contribution in [0.3, 0.4) is 0 Å². The van der Waals surface area contributed by atoms with Crippen molar-refractivity contribution in [2.45, 2.75) is 64.7 Å². The predicted molar refractivity (Wildman–Crippen MR) is 118 cm³/mol. The van der Waals surface area contributed by atoms with E-state index < -0.39 is 0 Å². The highest BCUT2D eigenvalue weighted by atomic mass is 32.1. The number of aryl methyl sites for hydroxylation is 3. The molecule has 6 heteroatoms. The Morgan fingerprint density at radius 2 is 1.79 bits per heavy atom. The monoisotopic (exact) mass is 413 g/mol. The zero-order valence-corrected chi connectivity index (χ0v) is 18.5. The number of aromatic nitrogens is 1. The summed E-state index contributed by atoms with van der Waals surface area (Å²) in [5.74, 6) is -0.392. The molecule has 5 nitrogen and oxygen atoms in total. The summed E-state index contributed by atoms with van der Waals surface area (Å²) in [5, 5.41) is 6.74. The molecule has 0 bridgehead atoms. The number of thiazole rings is 1. The van der Waals surface area contributed by atoms with Crippen LogP contribution in [0, 0.1) is 0 Å². The molecule has 1 aliphatic carbocycles. The number of amides is 2. The topological polar surface area (TPSA) is 71.1 Å². The molecule has 156 valence electrons. The van der Waals surface area contributed by atoms with Gasteiger partial charge in [-0.05, 0) is 55.2 Å². The van der Waals surface area contributed by atoms with Crippen molar-refractivity contribution in [3.8, 4) is 0 Å². The number of nitrogens with one attached hydrogen (secondary N) is 2. The van der Waals surface area contributed by atoms with Crippen LogP contribution in [0.4, 0.5) is 0 Å². The highest BCUT2D eigenvalue weighted by molar-refractivity contribution is 7.11. The smallest absolute Gasteiger partial charge is 0.251 e. The Hall–Kier alpha value is -2.21. The van der Waals surface area contributed by atoms with Gasteiger partial charge in [0.2, 0.25) is 5.91 Å². The number of rotatable bonds is 7. The summed E-state index contributed by atoms with van der Waals surface area (Å²) in [5.41, 5.74) is 3.08. The number of benzene rings is 1. The lowest BCUT2D eigenvalue weighted by Gasteiger charge is -2.19. The SMILES string of the molecule is CC(C)(C)c1ccc(C(=O)NCC(=O)NCCCc2nc3c(s2)CCCC3)cc1. The van der Waals surface area contributed by atoms with Crippen LogP contribution in [0.25, 0.3) is 0 Å². The van der Waals surface area contributed by atoms with Crippen molar-refractivity contribution in [2.24, 2.45) is 0 Å². The van der Waals surface area contributed by atoms with Gasteiger partial charge in [-0.1, -0.05) is 32.9 Å². The molecule has 2 N–H and O–H groups in total. The molecule has 0 atom stereocenters. The van der Waals surface area contributed by atoms with Crippen molar-refractivity contribution in [3.05, 3.63) is 51.0 Å². The van der Waals surface area contributed by atoms with Crippen LogP contribution in [-0.4, -0.2) is 29.9 Å². The summed E-state index contributed by atoms with van der Waals surface area (Å²) in [6.45, 7) is 6.99. The van der Waals surface area contributed by atoms with Crippen molar-refractivity contribution in [1.29, 1.82) is 0 Å². The van der Waals surface area contributed by atoms with E-state index in [0.29, 0.717) is 12.1 Å². The van der Waals surface area contributed by atoms with E-state index in [1.54, 1.807) is 12.1 Å². The van der Waals surface area contributed by atoms with Crippen molar-refractivity contribution in [3.63, 3.8) is 0 Å². The average molecular weight is 414 g/mol. The number of hydrogen-bond donors (Lipinski definition) is 2. The molecule has 0 saturated heterocycles. The van der Waals surface area contributed by atoms with Crippen LogP contribution in [0.15, 0.2) is 24.3 Å². The molecule has 1 aliphatic rings. The second kappa shape index (κ2) is 9.53. The van der Waals surface area contributed by atoms with E-state index in [4.69, 9.17) is 4.98 Å². The molecule has 1 aromatic heterocycles. The maximum atomic E-state index is 12.2. The summed E-state index contributed by atoms with van der Waals surface area (Å²) in [7, 11) is 0. The molecule has 0 saturated carbocycles. The third-order valence-electron chi connectivity index (χ3n) is 5.20. The first kappa shape index (κ1) is 21.5. The van der Waals surface area contributed by atoms with Gasteiger partial charge in [-0.25, -0.2) is 4.98 Å². The van der Waals surface area contributed by atoms with Gasteiger partial charge in [0.25, 0.3) is 5.91 Å². The lowest BCUT2D eigenvalue weighted by atomic mass is 9.87. The molecule has 0 spiro atoms. The van der Waals surface area contributed by atoms with Crippen molar-refractivity contribution < 1.29 is 9.59 Å². The largest absolute Gasteiger partial charge is 0.355 e. The van der Waals surface area contributed by atoms with E-state index in [1.165, 1.54) is 40.4 Å². The van der Waals surface area contributed by atoms with Crippen LogP contribution in [0.1, 0.15) is 71.5 Å². The van der Waals surface area contributed by atoms with E-state index in [9.17, 15) is 9.59 Å². The normalized spacial score (nSPS) is 13.6. The van der Waals surface area contributed by atoms with Gasteiger partial charge in [-0.3, -0.25) is 9.59 Å². The molecule has 1 aromatic carbocycles. The third-order valence-corrected chi connectivity index (χ3v) is 6.42. The molecule has 29 heavy (non-hydrogen) atoms. The lowest BCUT2D eigenvalue weighted by Crippen LogP contribution is -2.37. The number of fused-ring (bicyclic) bond motifs is 1. The molecule has 2 amide bonds. The van der Waals surface area contributed by atoms with Gasteiger partial charge >= 0.3 is 0 Å². The van der Waals surface area contributed by atoms with Gasteiger partial charge in [0.1, 0.15) is 0 Å². The average Bonchev–Trinajstić information content (AvgIpc) is 3.11. The first-order valence-corrected chi connectivity index (χ1v) is 11.3. The first-order chi connectivity index (χ1) is 13.8. The summed E-state index contributed by atoms with van der Waals surface area (Å²) in [6.07, 6.45) is 6.56. The van der Waals surface area contributed by atoms with E-state index in [1.807, 2.05) is 23.5 Å². The van der Waals surface area contributed by atoms with E-state index in [0.717, 1.165) is 19.3 Å². The van der Waals surface area contributed by atoms with Crippen LogP contribution in [0.5, 0.6) is 0 Å². The Morgan fingerprint density at radius 1 is 1.07 bits per heavy atom. The highest BCUT2D eigenvalue weighted by Gasteiger charge is 2.16. The number of carbonyl (C=O) groups excluding carboxylic acids is 2. The molecule has 0 radical (unpaired) electrons. The fourth-order valence-electron chi connectivity index (χ4n) is 3.43. The maximum absolute atomic E-state index is 12.2. The molecule has 2 aromatic rings. The zero-order valence-electron chi connectivity index (χ0n) is 17.6. The minimum atomic E-state index is -0.228. The Bertz CT molecular complexity index is 826. The molecular weight excluding hydrogens is 382 g/mol. The van der Waals surface area contributed by atoms with Crippen molar-refractivity contribution in [2.75, 3.05) is 13.1 Å². The molecule has 1 heterocycles. The zero-order chi connectivity index (χ0) is 20.9. The van der Waals surface area contributed by atoms with E-state index >= 15 is 0 Å². The summed E-state index contributed by atoms with van der Waals surface area (Å²) in [4.78, 5) is 30.4. The van der Waals surface area contributed by atoms with Gasteiger partial charge in [-0.2, -0.15) is 0 Å². The predicted octanol–water partition coefficient (Wildman–Crippen LogP) is 3.80. The lowest BCUT2D eigenvalue weighted by molar-refractivity contribution is -0.120. The Kier molecular flexibility index (Phi) is 7.06. The summed E-state index contributed by atoms with van der Waals surface area (Å²) < 4.78 is 0. The number of carbonyl (C=O) groups is 2. The maximum Gasteiger partial charge on any atom is 0.251 e. The Labute approximate surface area is 177 Å². The minimum absolute atomic E-state index is 0.00853. The van der Waals surface area contributed by atoms with Gasteiger partial charge in [-0.15, -0.1) is 11.3 Å². The van der Waals surface area contributed by atoms with E-state index in [2.05, 4.69) is 31.4 Å². The molecule has 0 aliphatic heterocycles. The standard InChI is InChI=1S/C23H31N3O2S/c1-23(2,3)17-12-10-16(11-13-17)22(28)25-15-20(27)24-14-6-9-21-26-18-7-4-5-8-19(18)29-21/h10-13H,4-9,14-15H2,1-3H3,(H,24,27)(H,25,28). The Morgan fingerprint density at radius 3 is 2.48 bits per heavy atom. The first-order valence-electron chi connectivity index (χ1n) is 10.5. The van der Waals surface area contributed by atoms with Gasteiger partial charge in [0.15, 0.2) is 0 Å². The third kappa shape index (κ3) is 6.13. The minimum Gasteiger partial charge on any atom is -0.355 e. The molecule has 3 rings (SSSR count). The van der Waals surface area contributed by atoms with Crippen LogP contribution < -0.4 is 10.6 Å². The quantitative estimate of drug-likeness (QED) is 0.678. The van der Waals surface area contributed by atoms with Gasteiger partial charge in [0, 0.05) is 23.4 Å². The van der Waals surface area contributed by atoms with Crippen LogP contribution >= 0.6 is 11.3 Å². The van der Waals surface area contributed by atoms with Crippen molar-refractivity contribution >= 4 is 23.2 Å². The fourth-order valence-corrected chi connectivity index (χ4v) is 4.63. The van der Waals surface area contributed by atoms with Crippen LogP contribution in [0.2, 0.25) is 0 Å². The second-order valence-corrected chi connectivity index (χ2v) is 9.82. The van der Waals surface area contributed by atoms with E-state index in [-0.39, 0.29) is 23.8 Å².